The molecule has 3 nitrogen and oxygen atoms in total. The van der Waals surface area contributed by atoms with E-state index in [-0.39, 0.29) is 0 Å². The Morgan fingerprint density at radius 3 is 1.58 bits per heavy atom. The average molecular weight is 704 g/mol. The number of fused-ring (bicyclic) bond motifs is 8. The topological polar surface area (TPSA) is 29.5 Å². The summed E-state index contributed by atoms with van der Waals surface area (Å²) in [6, 6.07) is 70.7. The second-order valence-corrected chi connectivity index (χ2v) is 14.0. The van der Waals surface area contributed by atoms with Crippen molar-refractivity contribution in [1.82, 2.24) is 0 Å². The van der Waals surface area contributed by atoms with Crippen molar-refractivity contribution in [2.24, 2.45) is 0 Å². The third-order valence-electron chi connectivity index (χ3n) is 10.9. The first-order valence-electron chi connectivity index (χ1n) is 18.7. The van der Waals surface area contributed by atoms with Gasteiger partial charge < -0.3 is 13.7 Å². The van der Waals surface area contributed by atoms with Crippen molar-refractivity contribution in [3.63, 3.8) is 0 Å². The summed E-state index contributed by atoms with van der Waals surface area (Å²) in [7, 11) is 0. The smallest absolute Gasteiger partial charge is 0.143 e. The van der Waals surface area contributed by atoms with Crippen LogP contribution in [-0.2, 0) is 0 Å². The van der Waals surface area contributed by atoms with E-state index in [0.29, 0.717) is 0 Å². The molecule has 55 heavy (non-hydrogen) atoms. The maximum Gasteiger partial charge on any atom is 0.143 e. The number of benzene rings is 9. The lowest BCUT2D eigenvalue weighted by Gasteiger charge is -2.26. The minimum absolute atomic E-state index is 0.845. The van der Waals surface area contributed by atoms with Gasteiger partial charge in [-0.2, -0.15) is 0 Å². The number of hydrogen-bond acceptors (Lipinski definition) is 3. The highest BCUT2D eigenvalue weighted by atomic mass is 16.3. The largest absolute Gasteiger partial charge is 0.455 e. The van der Waals surface area contributed by atoms with Gasteiger partial charge in [0.1, 0.15) is 22.3 Å². The number of para-hydroxylation sites is 3. The van der Waals surface area contributed by atoms with Crippen LogP contribution in [0.4, 0.5) is 17.1 Å². The van der Waals surface area contributed by atoms with Crippen LogP contribution in [0.5, 0.6) is 0 Å². The first-order valence-corrected chi connectivity index (χ1v) is 18.7. The highest BCUT2D eigenvalue weighted by molar-refractivity contribution is 6.24. The van der Waals surface area contributed by atoms with Gasteiger partial charge in [-0.15, -0.1) is 0 Å². The fourth-order valence-corrected chi connectivity index (χ4v) is 8.30. The van der Waals surface area contributed by atoms with Crippen molar-refractivity contribution in [3.05, 3.63) is 200 Å². The second kappa shape index (κ2) is 12.6. The van der Waals surface area contributed by atoms with E-state index in [2.05, 4.69) is 205 Å². The van der Waals surface area contributed by atoms with Gasteiger partial charge >= 0.3 is 0 Å². The summed E-state index contributed by atoms with van der Waals surface area (Å²) >= 11 is 0. The Balaban J connectivity index is 1.11. The van der Waals surface area contributed by atoms with Crippen LogP contribution in [0.1, 0.15) is 0 Å². The molecule has 9 aromatic carbocycles. The number of nitrogens with zero attached hydrogens (tertiary/aromatic N) is 1. The molecule has 0 aliphatic carbocycles. The SMILES string of the molecule is c1ccc(-c2ccc(-c3ccc4oc5c(-c6cc7c(oc8cccc(N(c9ccccc9)c9ccccc9)c87)c7ccccc67)cccc5c4c3)cc2)cc1. The monoisotopic (exact) mass is 703 g/mol. The minimum Gasteiger partial charge on any atom is -0.455 e. The van der Waals surface area contributed by atoms with Crippen molar-refractivity contribution < 1.29 is 8.83 Å². The van der Waals surface area contributed by atoms with E-state index in [1.165, 1.54) is 16.7 Å². The van der Waals surface area contributed by atoms with E-state index in [1.54, 1.807) is 0 Å². The summed E-state index contributed by atoms with van der Waals surface area (Å²) in [5.74, 6) is 0. The molecule has 0 saturated carbocycles. The van der Waals surface area contributed by atoms with E-state index in [4.69, 9.17) is 8.83 Å². The summed E-state index contributed by atoms with van der Waals surface area (Å²) < 4.78 is 13.6. The highest BCUT2D eigenvalue weighted by Gasteiger charge is 2.23. The normalized spacial score (nSPS) is 11.6. The van der Waals surface area contributed by atoms with E-state index < -0.39 is 0 Å². The molecule has 0 saturated heterocycles. The van der Waals surface area contributed by atoms with Crippen LogP contribution in [0.2, 0.25) is 0 Å². The fourth-order valence-electron chi connectivity index (χ4n) is 8.30. The van der Waals surface area contributed by atoms with Crippen LogP contribution in [0, 0.1) is 0 Å². The number of anilines is 3. The fraction of sp³-hybridized carbons (Fsp3) is 0. The molecule has 0 N–H and O–H groups in total. The lowest BCUT2D eigenvalue weighted by Crippen LogP contribution is -2.09. The molecule has 2 heterocycles. The van der Waals surface area contributed by atoms with Crippen LogP contribution in [-0.4, -0.2) is 0 Å². The molecule has 11 rings (SSSR count). The van der Waals surface area contributed by atoms with Gasteiger partial charge in [0, 0.05) is 38.5 Å². The Morgan fingerprint density at radius 2 is 0.855 bits per heavy atom. The third-order valence-corrected chi connectivity index (χ3v) is 10.9. The summed E-state index contributed by atoms with van der Waals surface area (Å²) in [6.07, 6.45) is 0. The van der Waals surface area contributed by atoms with Crippen LogP contribution in [0.15, 0.2) is 209 Å². The Hall–Kier alpha value is -7.36. The van der Waals surface area contributed by atoms with Gasteiger partial charge in [0.25, 0.3) is 0 Å². The Morgan fingerprint density at radius 1 is 0.309 bits per heavy atom. The van der Waals surface area contributed by atoms with Gasteiger partial charge in [-0.1, -0.05) is 146 Å². The summed E-state index contributed by atoms with van der Waals surface area (Å²) in [4.78, 5) is 2.32. The quantitative estimate of drug-likeness (QED) is 0.173. The molecule has 11 aromatic rings. The van der Waals surface area contributed by atoms with E-state index in [9.17, 15) is 0 Å². The predicted molar refractivity (Wildman–Crippen MR) is 229 cm³/mol. The van der Waals surface area contributed by atoms with E-state index >= 15 is 0 Å². The zero-order valence-electron chi connectivity index (χ0n) is 29.8. The number of furan rings is 2. The van der Waals surface area contributed by atoms with Crippen LogP contribution >= 0.6 is 0 Å². The molecular weight excluding hydrogens is 671 g/mol. The molecular formula is C52H33NO2. The molecule has 0 spiro atoms. The van der Waals surface area contributed by atoms with Crippen molar-refractivity contribution in [2.75, 3.05) is 4.90 Å². The van der Waals surface area contributed by atoms with Crippen LogP contribution < -0.4 is 4.90 Å². The molecule has 0 fully saturated rings. The standard InChI is InChI=1S/C52H33NO2/c1-4-14-34(15-5-1)35-26-28-36(29-27-35)37-30-31-48-45(32-37)43-23-12-22-42(51(43)54-48)44-33-46-50-47(53(38-16-6-2-7-17-38)39-18-8-3-9-19-39)24-13-25-49(50)55-52(46)41-21-11-10-20-40(41)44/h1-33H. The Bertz CT molecular complexity index is 3140. The maximum absolute atomic E-state index is 6.79. The number of hydrogen-bond donors (Lipinski definition) is 0. The molecule has 0 aliphatic rings. The third kappa shape index (κ3) is 5.13. The highest BCUT2D eigenvalue weighted by Crippen LogP contribution is 2.47. The molecule has 0 atom stereocenters. The van der Waals surface area contributed by atoms with Crippen molar-refractivity contribution in [1.29, 1.82) is 0 Å². The average Bonchev–Trinajstić information content (AvgIpc) is 3.84. The van der Waals surface area contributed by atoms with Crippen LogP contribution in [0.25, 0.3) is 88.0 Å². The Labute approximate surface area is 317 Å². The van der Waals surface area contributed by atoms with Gasteiger partial charge in [0.2, 0.25) is 0 Å². The molecule has 3 heteroatoms. The molecule has 0 amide bonds. The van der Waals surface area contributed by atoms with Gasteiger partial charge in [-0.05, 0) is 87.8 Å². The summed E-state index contributed by atoms with van der Waals surface area (Å²) in [5, 5.41) is 6.51. The van der Waals surface area contributed by atoms with E-state index in [1.807, 2.05) is 0 Å². The van der Waals surface area contributed by atoms with Crippen LogP contribution in [0.3, 0.4) is 0 Å². The Kier molecular flexibility index (Phi) is 7.17. The molecule has 0 unspecified atom stereocenters. The summed E-state index contributed by atoms with van der Waals surface area (Å²) in [5.41, 5.74) is 13.6. The minimum atomic E-state index is 0.845. The second-order valence-electron chi connectivity index (χ2n) is 14.0. The first kappa shape index (κ1) is 31.2. The number of rotatable bonds is 6. The van der Waals surface area contributed by atoms with Gasteiger partial charge in [-0.25, -0.2) is 0 Å². The molecule has 258 valence electrons. The van der Waals surface area contributed by atoms with E-state index in [0.717, 1.165) is 88.4 Å². The zero-order chi connectivity index (χ0) is 36.3. The predicted octanol–water partition coefficient (Wildman–Crippen LogP) is 15.1. The van der Waals surface area contributed by atoms with Crippen molar-refractivity contribution in [2.45, 2.75) is 0 Å². The lowest BCUT2D eigenvalue weighted by molar-refractivity contribution is 0.670. The molecule has 2 aromatic heterocycles. The van der Waals surface area contributed by atoms with Crippen molar-refractivity contribution in [3.8, 4) is 33.4 Å². The van der Waals surface area contributed by atoms with Gasteiger partial charge in [-0.3, -0.25) is 0 Å². The van der Waals surface area contributed by atoms with Gasteiger partial charge in [0.05, 0.1) is 11.1 Å². The summed E-state index contributed by atoms with van der Waals surface area (Å²) in [6.45, 7) is 0. The maximum atomic E-state index is 6.79. The van der Waals surface area contributed by atoms with Gasteiger partial charge in [0.15, 0.2) is 0 Å². The molecule has 0 aliphatic heterocycles. The molecule has 0 radical (unpaired) electrons. The first-order chi connectivity index (χ1) is 27.3. The zero-order valence-corrected chi connectivity index (χ0v) is 29.8. The molecule has 0 bridgehead atoms. The lowest BCUT2D eigenvalue weighted by atomic mass is 9.93. The van der Waals surface area contributed by atoms with Crippen molar-refractivity contribution >= 4 is 71.7 Å².